The maximum absolute atomic E-state index is 13.7. The summed E-state index contributed by atoms with van der Waals surface area (Å²) in [6.07, 6.45) is 4.02. The average Bonchev–Trinajstić information content (AvgIpc) is 3.07. The number of rotatable bonds is 3. The molecular weight excluding hydrogens is 295 g/mol. The topological polar surface area (TPSA) is 77.7 Å². The molecule has 3 rings (SSSR count). The van der Waals surface area contributed by atoms with Crippen LogP contribution in [0.2, 0.25) is 0 Å². The molecule has 0 amide bonds. The molecule has 0 aliphatic heterocycles. The third kappa shape index (κ3) is 2.21. The summed E-state index contributed by atoms with van der Waals surface area (Å²) in [7, 11) is 1.30. The molecule has 0 N–H and O–H groups in total. The maximum Gasteiger partial charge on any atom is 0.296 e. The minimum absolute atomic E-state index is 0.0545. The maximum atomic E-state index is 13.7. The van der Waals surface area contributed by atoms with E-state index in [-0.39, 0.29) is 22.6 Å². The van der Waals surface area contributed by atoms with Gasteiger partial charge in [0, 0.05) is 22.9 Å². The highest BCUT2D eigenvalue weighted by atomic mass is 35.7. The summed E-state index contributed by atoms with van der Waals surface area (Å²) in [4.78, 5) is 3.64. The predicted octanol–water partition coefficient (Wildman–Crippen LogP) is 1.74. The van der Waals surface area contributed by atoms with Gasteiger partial charge in [-0.05, 0) is 18.9 Å². The van der Waals surface area contributed by atoms with Crippen molar-refractivity contribution >= 4 is 19.7 Å². The molecule has 0 bridgehead atoms. The molecule has 2 heterocycles. The van der Waals surface area contributed by atoms with Gasteiger partial charge in [0.05, 0.1) is 11.8 Å². The van der Waals surface area contributed by atoms with Crippen LogP contribution in [0.3, 0.4) is 0 Å². The molecular formula is C10H8ClFN4O2S. The van der Waals surface area contributed by atoms with E-state index in [4.69, 9.17) is 10.7 Å². The molecule has 0 aromatic carbocycles. The summed E-state index contributed by atoms with van der Waals surface area (Å²) in [6.45, 7) is 0. The zero-order valence-corrected chi connectivity index (χ0v) is 11.1. The van der Waals surface area contributed by atoms with Crippen LogP contribution in [0.5, 0.6) is 0 Å². The second-order valence-electron chi connectivity index (χ2n) is 4.20. The first-order valence-corrected chi connectivity index (χ1v) is 7.79. The highest BCUT2D eigenvalue weighted by Crippen LogP contribution is 2.40. The molecule has 0 atom stereocenters. The van der Waals surface area contributed by atoms with Crippen LogP contribution in [0.1, 0.15) is 18.9 Å². The largest absolute Gasteiger partial charge is 0.296 e. The molecule has 1 aliphatic carbocycles. The number of halogens is 2. The van der Waals surface area contributed by atoms with Crippen LogP contribution in [-0.2, 0) is 9.05 Å². The second kappa shape index (κ2) is 4.24. The SMILES string of the molecule is O=S(=O)(Cl)c1nnc(-c2ccncc2F)n1C1CC1. The van der Waals surface area contributed by atoms with E-state index in [9.17, 15) is 12.8 Å². The van der Waals surface area contributed by atoms with Crippen LogP contribution in [0, 0.1) is 5.82 Å². The Kier molecular flexibility index (Phi) is 2.79. The van der Waals surface area contributed by atoms with Gasteiger partial charge in [-0.25, -0.2) is 12.8 Å². The first-order chi connectivity index (χ1) is 8.98. The number of hydrogen-bond acceptors (Lipinski definition) is 5. The molecule has 0 unspecified atom stereocenters. The van der Waals surface area contributed by atoms with Gasteiger partial charge in [-0.15, -0.1) is 10.2 Å². The quantitative estimate of drug-likeness (QED) is 0.807. The van der Waals surface area contributed by atoms with E-state index in [2.05, 4.69) is 15.2 Å². The molecule has 0 saturated heterocycles. The van der Waals surface area contributed by atoms with E-state index in [0.29, 0.717) is 0 Å². The highest BCUT2D eigenvalue weighted by Gasteiger charge is 2.34. The van der Waals surface area contributed by atoms with Crippen molar-refractivity contribution in [3.8, 4) is 11.4 Å². The fraction of sp³-hybridized carbons (Fsp3) is 0.300. The molecule has 6 nitrogen and oxygen atoms in total. The lowest BCUT2D eigenvalue weighted by Gasteiger charge is -2.07. The Morgan fingerprint density at radius 1 is 1.37 bits per heavy atom. The number of aromatic nitrogens is 4. The van der Waals surface area contributed by atoms with Gasteiger partial charge < -0.3 is 0 Å². The van der Waals surface area contributed by atoms with Crippen molar-refractivity contribution in [1.29, 1.82) is 0 Å². The monoisotopic (exact) mass is 302 g/mol. The molecule has 0 spiro atoms. The first-order valence-electron chi connectivity index (χ1n) is 5.48. The van der Waals surface area contributed by atoms with Crippen LogP contribution in [0.15, 0.2) is 23.6 Å². The van der Waals surface area contributed by atoms with Gasteiger partial charge in [0.2, 0.25) is 0 Å². The van der Waals surface area contributed by atoms with Crippen molar-refractivity contribution < 1.29 is 12.8 Å². The molecule has 1 saturated carbocycles. The van der Waals surface area contributed by atoms with Gasteiger partial charge in [0.15, 0.2) is 11.6 Å². The molecule has 1 fully saturated rings. The predicted molar refractivity (Wildman–Crippen MR) is 64.5 cm³/mol. The molecule has 19 heavy (non-hydrogen) atoms. The average molecular weight is 303 g/mol. The molecule has 2 aromatic rings. The fourth-order valence-electron chi connectivity index (χ4n) is 1.85. The summed E-state index contributed by atoms with van der Waals surface area (Å²) in [5.74, 6) is -0.433. The summed E-state index contributed by atoms with van der Waals surface area (Å²) < 4.78 is 38.0. The molecule has 0 radical (unpaired) electrons. The van der Waals surface area contributed by atoms with Gasteiger partial charge in [0.25, 0.3) is 14.2 Å². The highest BCUT2D eigenvalue weighted by molar-refractivity contribution is 8.13. The zero-order chi connectivity index (χ0) is 13.6. The summed E-state index contributed by atoms with van der Waals surface area (Å²) >= 11 is 0. The van der Waals surface area contributed by atoms with Gasteiger partial charge in [-0.2, -0.15) is 0 Å². The van der Waals surface area contributed by atoms with Crippen LogP contribution >= 0.6 is 10.7 Å². The number of hydrogen-bond donors (Lipinski definition) is 0. The Bertz CT molecular complexity index is 742. The second-order valence-corrected chi connectivity index (χ2v) is 6.66. The van der Waals surface area contributed by atoms with Crippen molar-refractivity contribution in [2.75, 3.05) is 0 Å². The Hall–Kier alpha value is -1.54. The number of pyridine rings is 1. The molecule has 100 valence electrons. The zero-order valence-electron chi connectivity index (χ0n) is 9.49. The van der Waals surface area contributed by atoms with Crippen LogP contribution in [0.4, 0.5) is 4.39 Å². The fourth-order valence-corrected chi connectivity index (χ4v) is 2.77. The molecule has 2 aromatic heterocycles. The third-order valence-corrected chi connectivity index (χ3v) is 3.94. The smallest absolute Gasteiger partial charge is 0.294 e. The minimum atomic E-state index is -4.02. The van der Waals surface area contributed by atoms with Crippen molar-refractivity contribution in [2.24, 2.45) is 0 Å². The standard InChI is InChI=1S/C10H8ClFN4O2S/c11-19(17,18)10-15-14-9(16(10)6-1-2-6)7-3-4-13-5-8(7)12/h3-6H,1-2H2. The van der Waals surface area contributed by atoms with Crippen LogP contribution < -0.4 is 0 Å². The van der Waals surface area contributed by atoms with E-state index in [0.717, 1.165) is 19.0 Å². The third-order valence-electron chi connectivity index (χ3n) is 2.81. The molecule has 9 heteroatoms. The van der Waals surface area contributed by atoms with Gasteiger partial charge in [-0.3, -0.25) is 9.55 Å². The van der Waals surface area contributed by atoms with E-state index >= 15 is 0 Å². The lowest BCUT2D eigenvalue weighted by molar-refractivity contribution is 0.577. The Morgan fingerprint density at radius 3 is 2.68 bits per heavy atom. The normalized spacial score (nSPS) is 15.7. The Morgan fingerprint density at radius 2 is 2.11 bits per heavy atom. The lowest BCUT2D eigenvalue weighted by atomic mass is 10.2. The van der Waals surface area contributed by atoms with Crippen molar-refractivity contribution in [2.45, 2.75) is 24.0 Å². The van der Waals surface area contributed by atoms with E-state index in [1.165, 1.54) is 16.8 Å². The number of nitrogens with zero attached hydrogens (tertiary/aromatic N) is 4. The van der Waals surface area contributed by atoms with E-state index < -0.39 is 14.9 Å². The van der Waals surface area contributed by atoms with Crippen LogP contribution in [-0.4, -0.2) is 28.2 Å². The van der Waals surface area contributed by atoms with Crippen molar-refractivity contribution in [1.82, 2.24) is 19.7 Å². The van der Waals surface area contributed by atoms with Crippen molar-refractivity contribution in [3.05, 3.63) is 24.3 Å². The summed E-state index contributed by atoms with van der Waals surface area (Å²) in [5, 5.41) is 6.98. The molecule has 1 aliphatic rings. The van der Waals surface area contributed by atoms with E-state index in [1.807, 2.05) is 0 Å². The Balaban J connectivity index is 2.24. The van der Waals surface area contributed by atoms with Crippen molar-refractivity contribution in [3.63, 3.8) is 0 Å². The summed E-state index contributed by atoms with van der Waals surface area (Å²) in [5.41, 5.74) is 0.154. The van der Waals surface area contributed by atoms with E-state index in [1.54, 1.807) is 0 Å². The Labute approximate surface area is 112 Å². The summed E-state index contributed by atoms with van der Waals surface area (Å²) in [6, 6.07) is 1.36. The van der Waals surface area contributed by atoms with Gasteiger partial charge in [-0.1, -0.05) is 0 Å². The minimum Gasteiger partial charge on any atom is -0.294 e. The van der Waals surface area contributed by atoms with Crippen LogP contribution in [0.25, 0.3) is 11.4 Å². The van der Waals surface area contributed by atoms with Gasteiger partial charge in [0.1, 0.15) is 0 Å². The van der Waals surface area contributed by atoms with Gasteiger partial charge >= 0.3 is 0 Å². The first kappa shape index (κ1) is 12.5. The lowest BCUT2D eigenvalue weighted by Crippen LogP contribution is -2.06.